The summed E-state index contributed by atoms with van der Waals surface area (Å²) in [4.78, 5) is 20.5. The Balaban J connectivity index is 1.71. The van der Waals surface area contributed by atoms with Crippen molar-refractivity contribution in [3.63, 3.8) is 0 Å². The van der Waals surface area contributed by atoms with Crippen molar-refractivity contribution < 1.29 is 9.53 Å². The van der Waals surface area contributed by atoms with E-state index < -0.39 is 6.09 Å². The SMILES string of the molecule is CCCCOC(=O)Nc1cccc(-c2csc(-c3ccncc3)n2)c1. The molecule has 0 aliphatic heterocycles. The molecule has 3 aromatic rings. The molecule has 2 aromatic heterocycles. The van der Waals surface area contributed by atoms with Gasteiger partial charge in [-0.2, -0.15) is 0 Å². The van der Waals surface area contributed by atoms with Gasteiger partial charge >= 0.3 is 6.09 Å². The second-order valence-electron chi connectivity index (χ2n) is 5.47. The summed E-state index contributed by atoms with van der Waals surface area (Å²) < 4.78 is 5.12. The van der Waals surface area contributed by atoms with Crippen LogP contribution in [0.15, 0.2) is 54.2 Å². The fraction of sp³-hybridized carbons (Fsp3) is 0.211. The molecule has 128 valence electrons. The summed E-state index contributed by atoms with van der Waals surface area (Å²) in [6, 6.07) is 11.5. The largest absolute Gasteiger partial charge is 0.449 e. The van der Waals surface area contributed by atoms with Crippen molar-refractivity contribution in [3.05, 3.63) is 54.2 Å². The summed E-state index contributed by atoms with van der Waals surface area (Å²) in [7, 11) is 0. The maximum atomic E-state index is 11.8. The summed E-state index contributed by atoms with van der Waals surface area (Å²) in [5.74, 6) is 0. The molecule has 0 spiro atoms. The van der Waals surface area contributed by atoms with Gasteiger partial charge in [-0.1, -0.05) is 25.5 Å². The summed E-state index contributed by atoms with van der Waals surface area (Å²) in [5, 5.41) is 5.70. The molecular weight excluding hydrogens is 334 g/mol. The first kappa shape index (κ1) is 17.1. The van der Waals surface area contributed by atoms with Crippen LogP contribution >= 0.6 is 11.3 Å². The van der Waals surface area contributed by atoms with Gasteiger partial charge in [0.05, 0.1) is 12.3 Å². The molecule has 6 heteroatoms. The van der Waals surface area contributed by atoms with Crippen molar-refractivity contribution in [3.8, 4) is 21.8 Å². The molecule has 0 aliphatic carbocycles. The number of thiazole rings is 1. The summed E-state index contributed by atoms with van der Waals surface area (Å²) in [5.41, 5.74) is 3.56. The minimum Gasteiger partial charge on any atom is -0.449 e. The molecule has 0 unspecified atom stereocenters. The number of rotatable bonds is 6. The topological polar surface area (TPSA) is 64.1 Å². The van der Waals surface area contributed by atoms with Crippen molar-refractivity contribution in [2.75, 3.05) is 11.9 Å². The summed E-state index contributed by atoms with van der Waals surface area (Å²) in [6.45, 7) is 2.49. The van der Waals surface area contributed by atoms with E-state index in [1.54, 1.807) is 23.7 Å². The monoisotopic (exact) mass is 353 g/mol. The van der Waals surface area contributed by atoms with E-state index in [-0.39, 0.29) is 0 Å². The summed E-state index contributed by atoms with van der Waals surface area (Å²) in [6.07, 6.45) is 4.94. The van der Waals surface area contributed by atoms with E-state index in [2.05, 4.69) is 22.2 Å². The van der Waals surface area contributed by atoms with E-state index in [0.29, 0.717) is 12.3 Å². The highest BCUT2D eigenvalue weighted by atomic mass is 32.1. The molecule has 5 nitrogen and oxygen atoms in total. The highest BCUT2D eigenvalue weighted by Crippen LogP contribution is 2.29. The van der Waals surface area contributed by atoms with Gasteiger partial charge < -0.3 is 4.74 Å². The average Bonchev–Trinajstić information content (AvgIpc) is 3.13. The number of hydrogen-bond acceptors (Lipinski definition) is 5. The quantitative estimate of drug-likeness (QED) is 0.617. The number of nitrogens with one attached hydrogen (secondary N) is 1. The lowest BCUT2D eigenvalue weighted by atomic mass is 10.1. The first-order valence-corrected chi connectivity index (χ1v) is 9.04. The molecule has 2 heterocycles. The molecule has 0 fully saturated rings. The van der Waals surface area contributed by atoms with Crippen molar-refractivity contribution in [1.82, 2.24) is 9.97 Å². The van der Waals surface area contributed by atoms with Gasteiger partial charge in [0, 0.05) is 34.6 Å². The van der Waals surface area contributed by atoms with Crippen molar-refractivity contribution in [1.29, 1.82) is 0 Å². The second kappa shape index (κ2) is 8.39. The Kier molecular flexibility index (Phi) is 5.74. The van der Waals surface area contributed by atoms with Crippen LogP contribution in [-0.4, -0.2) is 22.7 Å². The first-order valence-electron chi connectivity index (χ1n) is 8.16. The minimum atomic E-state index is -0.429. The van der Waals surface area contributed by atoms with Crippen molar-refractivity contribution in [2.24, 2.45) is 0 Å². The van der Waals surface area contributed by atoms with Gasteiger partial charge in [0.25, 0.3) is 0 Å². The number of benzene rings is 1. The molecule has 3 rings (SSSR count). The van der Waals surface area contributed by atoms with Crippen molar-refractivity contribution in [2.45, 2.75) is 19.8 Å². The molecule has 25 heavy (non-hydrogen) atoms. The number of aromatic nitrogens is 2. The number of carbonyl (C=O) groups is 1. The second-order valence-corrected chi connectivity index (χ2v) is 6.33. The number of nitrogens with zero attached hydrogens (tertiary/aromatic N) is 2. The zero-order valence-electron chi connectivity index (χ0n) is 13.9. The standard InChI is InChI=1S/C19H19N3O2S/c1-2-3-11-24-19(23)21-16-6-4-5-15(12-16)17-13-25-18(22-17)14-7-9-20-10-8-14/h4-10,12-13H,2-3,11H2,1H3,(H,21,23). The number of carbonyl (C=O) groups excluding carboxylic acids is 1. The molecule has 0 saturated heterocycles. The third-order valence-corrected chi connectivity index (χ3v) is 4.46. The zero-order chi connectivity index (χ0) is 17.5. The Morgan fingerprint density at radius 2 is 2.04 bits per heavy atom. The number of pyridine rings is 1. The van der Waals surface area contributed by atoms with E-state index in [4.69, 9.17) is 4.74 Å². The van der Waals surface area contributed by atoms with Crippen LogP contribution in [0.4, 0.5) is 10.5 Å². The van der Waals surface area contributed by atoms with Gasteiger partial charge in [-0.05, 0) is 30.7 Å². The molecule has 0 aliphatic rings. The molecular formula is C19H19N3O2S. The normalized spacial score (nSPS) is 10.4. The van der Waals surface area contributed by atoms with Gasteiger partial charge in [0.1, 0.15) is 5.01 Å². The van der Waals surface area contributed by atoms with Crippen LogP contribution in [0.1, 0.15) is 19.8 Å². The van der Waals surface area contributed by atoms with Crippen LogP contribution in [0, 0.1) is 0 Å². The number of unbranched alkanes of at least 4 members (excludes halogenated alkanes) is 1. The Morgan fingerprint density at radius 1 is 1.20 bits per heavy atom. The fourth-order valence-electron chi connectivity index (χ4n) is 2.25. The number of hydrogen-bond donors (Lipinski definition) is 1. The Bertz CT molecular complexity index is 833. The third-order valence-electron chi connectivity index (χ3n) is 3.57. The number of amides is 1. The molecule has 0 bridgehead atoms. The minimum absolute atomic E-state index is 0.429. The van der Waals surface area contributed by atoms with Gasteiger partial charge in [-0.25, -0.2) is 9.78 Å². The third kappa shape index (κ3) is 4.64. The Hall–Kier alpha value is -2.73. The lowest BCUT2D eigenvalue weighted by Gasteiger charge is -2.07. The van der Waals surface area contributed by atoms with E-state index in [1.807, 2.05) is 41.8 Å². The average molecular weight is 353 g/mol. The highest BCUT2D eigenvalue weighted by molar-refractivity contribution is 7.13. The number of anilines is 1. The van der Waals surface area contributed by atoms with Gasteiger partial charge in [0.2, 0.25) is 0 Å². The van der Waals surface area contributed by atoms with Crippen LogP contribution in [0.25, 0.3) is 21.8 Å². The van der Waals surface area contributed by atoms with Crippen LogP contribution in [-0.2, 0) is 4.74 Å². The summed E-state index contributed by atoms with van der Waals surface area (Å²) >= 11 is 1.58. The molecule has 0 atom stereocenters. The van der Waals surface area contributed by atoms with Gasteiger partial charge in [-0.3, -0.25) is 10.3 Å². The molecule has 1 amide bonds. The van der Waals surface area contributed by atoms with Gasteiger partial charge in [-0.15, -0.1) is 11.3 Å². The number of ether oxygens (including phenoxy) is 1. The lowest BCUT2D eigenvalue weighted by Crippen LogP contribution is -2.14. The molecule has 1 N–H and O–H groups in total. The smallest absolute Gasteiger partial charge is 0.411 e. The first-order chi connectivity index (χ1) is 12.3. The lowest BCUT2D eigenvalue weighted by molar-refractivity contribution is 0.160. The van der Waals surface area contributed by atoms with E-state index >= 15 is 0 Å². The maximum absolute atomic E-state index is 11.8. The van der Waals surface area contributed by atoms with Crippen LogP contribution in [0.5, 0.6) is 0 Å². The Morgan fingerprint density at radius 3 is 2.84 bits per heavy atom. The van der Waals surface area contributed by atoms with Gasteiger partial charge in [0.15, 0.2) is 0 Å². The molecule has 1 aromatic carbocycles. The predicted octanol–water partition coefficient (Wildman–Crippen LogP) is 5.22. The highest BCUT2D eigenvalue weighted by Gasteiger charge is 2.08. The maximum Gasteiger partial charge on any atom is 0.411 e. The zero-order valence-corrected chi connectivity index (χ0v) is 14.8. The van der Waals surface area contributed by atoms with E-state index in [0.717, 1.165) is 34.7 Å². The van der Waals surface area contributed by atoms with Crippen LogP contribution < -0.4 is 5.32 Å². The van der Waals surface area contributed by atoms with E-state index in [9.17, 15) is 4.79 Å². The van der Waals surface area contributed by atoms with Crippen LogP contribution in [0.2, 0.25) is 0 Å². The van der Waals surface area contributed by atoms with E-state index in [1.165, 1.54) is 0 Å². The molecule has 0 radical (unpaired) electrons. The predicted molar refractivity (Wildman–Crippen MR) is 101 cm³/mol. The Labute approximate surface area is 150 Å². The van der Waals surface area contributed by atoms with Crippen molar-refractivity contribution >= 4 is 23.1 Å². The fourth-order valence-corrected chi connectivity index (χ4v) is 3.09. The molecule has 0 saturated carbocycles. The van der Waals surface area contributed by atoms with Crippen LogP contribution in [0.3, 0.4) is 0 Å².